The minimum Gasteiger partial charge on any atom is -0.399 e. The Balaban J connectivity index is 2.27. The molecule has 0 amide bonds. The summed E-state index contributed by atoms with van der Waals surface area (Å²) < 4.78 is 27.4. The fourth-order valence-corrected chi connectivity index (χ4v) is 4.25. The molecule has 0 spiro atoms. The van der Waals surface area contributed by atoms with Gasteiger partial charge in [-0.1, -0.05) is 30.7 Å². The van der Waals surface area contributed by atoms with E-state index in [1.54, 1.807) is 18.2 Å². The van der Waals surface area contributed by atoms with Crippen molar-refractivity contribution in [2.75, 3.05) is 11.1 Å². The molecule has 1 aliphatic heterocycles. The highest BCUT2D eigenvalue weighted by molar-refractivity contribution is 7.89. The van der Waals surface area contributed by atoms with Gasteiger partial charge < -0.3 is 11.1 Å². The minimum atomic E-state index is -3.59. The zero-order chi connectivity index (χ0) is 15.9. The van der Waals surface area contributed by atoms with Gasteiger partial charge in [0.05, 0.1) is 11.9 Å². The third-order valence-corrected chi connectivity index (χ3v) is 5.29. The highest BCUT2D eigenvalue weighted by Crippen LogP contribution is 2.39. The lowest BCUT2D eigenvalue weighted by Crippen LogP contribution is -2.44. The lowest BCUT2D eigenvalue weighted by Gasteiger charge is -2.29. The van der Waals surface area contributed by atoms with E-state index in [1.165, 1.54) is 6.07 Å². The van der Waals surface area contributed by atoms with Crippen LogP contribution in [0.5, 0.6) is 0 Å². The van der Waals surface area contributed by atoms with Crippen molar-refractivity contribution in [1.82, 2.24) is 4.72 Å². The molecule has 1 atom stereocenters. The molecule has 1 heterocycles. The van der Waals surface area contributed by atoms with E-state index in [1.807, 2.05) is 19.1 Å². The molecule has 0 radical (unpaired) electrons. The summed E-state index contributed by atoms with van der Waals surface area (Å²) in [5.41, 5.74) is 8.53. The molecular formula is C15H16ClN3O2S. The minimum absolute atomic E-state index is 0.155. The maximum Gasteiger partial charge on any atom is 0.244 e. The summed E-state index contributed by atoms with van der Waals surface area (Å²) in [5.74, 6) is 0. The highest BCUT2D eigenvalue weighted by Gasteiger charge is 2.30. The van der Waals surface area contributed by atoms with Gasteiger partial charge in [0.2, 0.25) is 10.0 Å². The highest BCUT2D eigenvalue weighted by atomic mass is 35.5. The lowest BCUT2D eigenvalue weighted by molar-refractivity contribution is 0.551. The van der Waals surface area contributed by atoms with Crippen LogP contribution in [-0.4, -0.2) is 14.6 Å². The first-order chi connectivity index (χ1) is 10.4. The number of fused-ring (bicyclic) bond motifs is 1. The molecule has 1 unspecified atom stereocenters. The second-order valence-electron chi connectivity index (χ2n) is 5.18. The second kappa shape index (κ2) is 5.46. The lowest BCUT2D eigenvalue weighted by atomic mass is 10.0. The molecule has 3 rings (SSSR count). The summed E-state index contributed by atoms with van der Waals surface area (Å²) in [5, 5.41) is 3.59. The van der Waals surface area contributed by atoms with Crippen LogP contribution < -0.4 is 15.8 Å². The number of nitrogen functional groups attached to an aromatic ring is 1. The van der Waals surface area contributed by atoms with Crippen LogP contribution in [0.1, 0.15) is 13.3 Å². The standard InChI is InChI=1S/C15H16ClN3O2S/c1-2-14-18-15-12(9-4-3-5-11(17)6-9)7-10(16)8-13(15)22(20,21)19-14/h3-8,14,18-19H,2,17H2,1H3. The van der Waals surface area contributed by atoms with Crippen LogP contribution >= 0.6 is 11.6 Å². The monoisotopic (exact) mass is 337 g/mol. The van der Waals surface area contributed by atoms with E-state index < -0.39 is 10.0 Å². The number of rotatable bonds is 2. The van der Waals surface area contributed by atoms with Crippen molar-refractivity contribution in [1.29, 1.82) is 0 Å². The molecule has 5 nitrogen and oxygen atoms in total. The van der Waals surface area contributed by atoms with Crippen LogP contribution in [0.2, 0.25) is 5.02 Å². The molecule has 2 aromatic carbocycles. The van der Waals surface area contributed by atoms with Gasteiger partial charge in [0.25, 0.3) is 0 Å². The molecule has 2 aromatic rings. The fourth-order valence-electron chi connectivity index (χ4n) is 2.52. The summed E-state index contributed by atoms with van der Waals surface area (Å²) in [7, 11) is -3.59. The van der Waals surface area contributed by atoms with Crippen molar-refractivity contribution < 1.29 is 8.42 Å². The van der Waals surface area contributed by atoms with E-state index in [0.29, 0.717) is 22.8 Å². The van der Waals surface area contributed by atoms with Crippen molar-refractivity contribution in [3.05, 3.63) is 41.4 Å². The van der Waals surface area contributed by atoms with E-state index >= 15 is 0 Å². The first-order valence-electron chi connectivity index (χ1n) is 6.89. The van der Waals surface area contributed by atoms with Gasteiger partial charge in [-0.25, -0.2) is 8.42 Å². The van der Waals surface area contributed by atoms with Gasteiger partial charge in [-0.15, -0.1) is 0 Å². The van der Waals surface area contributed by atoms with Gasteiger partial charge in [0.1, 0.15) is 4.90 Å². The Morgan fingerprint density at radius 2 is 2.05 bits per heavy atom. The average molecular weight is 338 g/mol. The molecule has 0 aromatic heterocycles. The molecule has 0 aliphatic carbocycles. The molecule has 0 bridgehead atoms. The maximum atomic E-state index is 12.4. The molecular weight excluding hydrogens is 322 g/mol. The third-order valence-electron chi connectivity index (χ3n) is 3.58. The molecule has 22 heavy (non-hydrogen) atoms. The number of sulfonamides is 1. The van der Waals surface area contributed by atoms with Crippen LogP contribution in [0.3, 0.4) is 0 Å². The molecule has 1 aliphatic rings. The maximum absolute atomic E-state index is 12.4. The van der Waals surface area contributed by atoms with Gasteiger partial charge >= 0.3 is 0 Å². The molecule has 7 heteroatoms. The molecule has 0 saturated carbocycles. The van der Waals surface area contributed by atoms with Crippen molar-refractivity contribution >= 4 is 33.0 Å². The predicted molar refractivity (Wildman–Crippen MR) is 89.3 cm³/mol. The van der Waals surface area contributed by atoms with E-state index in [9.17, 15) is 8.42 Å². The average Bonchev–Trinajstić information content (AvgIpc) is 2.46. The number of benzene rings is 2. The zero-order valence-electron chi connectivity index (χ0n) is 11.9. The molecule has 0 fully saturated rings. The third kappa shape index (κ3) is 2.65. The first kappa shape index (κ1) is 15.1. The Morgan fingerprint density at radius 1 is 1.27 bits per heavy atom. The molecule has 116 valence electrons. The smallest absolute Gasteiger partial charge is 0.244 e. The molecule has 0 saturated heterocycles. The Kier molecular flexibility index (Phi) is 3.76. The Bertz CT molecular complexity index is 837. The normalized spacial score (nSPS) is 19.3. The Morgan fingerprint density at radius 3 is 2.73 bits per heavy atom. The Labute approximate surface area is 134 Å². The number of halogens is 1. The fraction of sp³-hybridized carbons (Fsp3) is 0.200. The SMILES string of the molecule is CCC1Nc2c(-c3cccc(N)c3)cc(Cl)cc2S(=O)(=O)N1. The van der Waals surface area contributed by atoms with Crippen LogP contribution in [0.15, 0.2) is 41.3 Å². The second-order valence-corrected chi connectivity index (χ2v) is 7.30. The van der Waals surface area contributed by atoms with Gasteiger partial charge in [-0.05, 0) is 36.2 Å². The number of anilines is 2. The van der Waals surface area contributed by atoms with Gasteiger partial charge in [-0.3, -0.25) is 0 Å². The largest absolute Gasteiger partial charge is 0.399 e. The topological polar surface area (TPSA) is 84.2 Å². The van der Waals surface area contributed by atoms with Gasteiger partial charge in [-0.2, -0.15) is 4.72 Å². The summed E-state index contributed by atoms with van der Waals surface area (Å²) in [6.45, 7) is 1.90. The van der Waals surface area contributed by atoms with E-state index in [4.69, 9.17) is 17.3 Å². The van der Waals surface area contributed by atoms with Gasteiger partial charge in [0, 0.05) is 16.3 Å². The van der Waals surface area contributed by atoms with Crippen LogP contribution in [-0.2, 0) is 10.0 Å². The number of nitrogens with one attached hydrogen (secondary N) is 2. The van der Waals surface area contributed by atoms with E-state index in [-0.39, 0.29) is 11.1 Å². The van der Waals surface area contributed by atoms with Crippen molar-refractivity contribution in [3.63, 3.8) is 0 Å². The van der Waals surface area contributed by atoms with E-state index in [2.05, 4.69) is 10.0 Å². The van der Waals surface area contributed by atoms with Crippen molar-refractivity contribution in [2.24, 2.45) is 0 Å². The van der Waals surface area contributed by atoms with Crippen molar-refractivity contribution in [3.8, 4) is 11.1 Å². The van der Waals surface area contributed by atoms with Crippen LogP contribution in [0, 0.1) is 0 Å². The first-order valence-corrected chi connectivity index (χ1v) is 8.75. The van der Waals surface area contributed by atoms with Crippen LogP contribution in [0.25, 0.3) is 11.1 Å². The summed E-state index contributed by atoms with van der Waals surface area (Å²) in [6.07, 6.45) is 0.274. The van der Waals surface area contributed by atoms with Crippen molar-refractivity contribution in [2.45, 2.75) is 24.4 Å². The zero-order valence-corrected chi connectivity index (χ0v) is 13.5. The summed E-state index contributed by atoms with van der Waals surface area (Å²) in [6, 6.07) is 10.5. The summed E-state index contributed by atoms with van der Waals surface area (Å²) in [4.78, 5) is 0.155. The quantitative estimate of drug-likeness (QED) is 0.735. The van der Waals surface area contributed by atoms with Crippen LogP contribution in [0.4, 0.5) is 11.4 Å². The van der Waals surface area contributed by atoms with Gasteiger partial charge in [0.15, 0.2) is 0 Å². The summed E-state index contributed by atoms with van der Waals surface area (Å²) >= 11 is 6.12. The molecule has 4 N–H and O–H groups in total. The van der Waals surface area contributed by atoms with E-state index in [0.717, 1.165) is 11.1 Å². The number of hydrogen-bond acceptors (Lipinski definition) is 4. The predicted octanol–water partition coefficient (Wildman–Crippen LogP) is 3.03. The number of nitrogens with two attached hydrogens (primary N) is 1. The Hall–Kier alpha value is -1.76. The number of hydrogen-bond donors (Lipinski definition) is 3.